The molecule has 11 heteroatoms. The van der Waals surface area contributed by atoms with Gasteiger partial charge in [-0.05, 0) is 93.4 Å². The second-order valence-corrected chi connectivity index (χ2v) is 15.3. The molecule has 0 spiro atoms. The quantitative estimate of drug-likeness (QED) is 0.112. The number of rotatable bonds is 8. The summed E-state index contributed by atoms with van der Waals surface area (Å²) in [5, 5.41) is 6.18. The third-order valence-corrected chi connectivity index (χ3v) is 12.0. The van der Waals surface area contributed by atoms with Crippen molar-refractivity contribution < 1.29 is 38.1 Å². The molecule has 306 valence electrons. The van der Waals surface area contributed by atoms with Gasteiger partial charge in [-0.2, -0.15) is 0 Å². The summed E-state index contributed by atoms with van der Waals surface area (Å²) in [6.07, 6.45) is 6.33. The Kier molecular flexibility index (Phi) is 9.62. The Morgan fingerprint density at radius 1 is 0.403 bits per heavy atom. The van der Waals surface area contributed by atoms with Crippen molar-refractivity contribution in [2.24, 2.45) is 10.8 Å². The van der Waals surface area contributed by atoms with E-state index in [0.29, 0.717) is 66.2 Å². The molecule has 0 radical (unpaired) electrons. The number of esters is 4. The fourth-order valence-electron chi connectivity index (χ4n) is 8.87. The van der Waals surface area contributed by atoms with Crippen LogP contribution in [0, 0.1) is 24.7 Å². The predicted octanol–water partition coefficient (Wildman–Crippen LogP) is 5.28. The smallest absolute Gasteiger partial charge is 0.331 e. The van der Waals surface area contributed by atoms with Gasteiger partial charge >= 0.3 is 23.9 Å². The van der Waals surface area contributed by atoms with Gasteiger partial charge in [0.15, 0.2) is 0 Å². The van der Waals surface area contributed by atoms with Crippen molar-refractivity contribution >= 4 is 69.7 Å². The first-order chi connectivity index (χ1) is 30.0. The van der Waals surface area contributed by atoms with Crippen molar-refractivity contribution in [1.29, 1.82) is 0 Å². The number of nitrogens with zero attached hydrogens (tertiary/aromatic N) is 3. The van der Waals surface area contributed by atoms with Crippen LogP contribution in [-0.4, -0.2) is 67.3 Å². The molecular weight excluding hydrogens is 783 g/mol. The molecule has 0 fully saturated rings. The van der Waals surface area contributed by atoms with Gasteiger partial charge < -0.3 is 18.9 Å². The lowest BCUT2D eigenvalue weighted by Crippen LogP contribution is -2.36. The summed E-state index contributed by atoms with van der Waals surface area (Å²) in [5.41, 5.74) is 2.26. The lowest BCUT2D eigenvalue weighted by Gasteiger charge is -2.18. The van der Waals surface area contributed by atoms with Gasteiger partial charge in [-0.25, -0.2) is 15.0 Å². The maximum Gasteiger partial charge on any atom is 0.331 e. The van der Waals surface area contributed by atoms with Gasteiger partial charge in [-0.3, -0.25) is 19.2 Å². The molecule has 0 saturated heterocycles. The highest BCUT2D eigenvalue weighted by Gasteiger charge is 2.48. The highest BCUT2D eigenvalue weighted by molar-refractivity contribution is 6.15. The lowest BCUT2D eigenvalue weighted by atomic mass is 9.89. The molecule has 11 nitrogen and oxygen atoms in total. The van der Waals surface area contributed by atoms with Crippen molar-refractivity contribution in [3.05, 3.63) is 135 Å². The molecule has 0 unspecified atom stereocenters. The zero-order valence-corrected chi connectivity index (χ0v) is 34.7. The van der Waals surface area contributed by atoms with E-state index < -0.39 is 34.7 Å². The Morgan fingerprint density at radius 2 is 0.742 bits per heavy atom. The maximum atomic E-state index is 13.5. The van der Waals surface area contributed by atoms with Crippen LogP contribution in [0.5, 0.6) is 0 Å². The largest absolute Gasteiger partial charge is 0.468 e. The lowest BCUT2D eigenvalue weighted by molar-refractivity contribution is -0.161. The third-order valence-electron chi connectivity index (χ3n) is 12.0. The van der Waals surface area contributed by atoms with Crippen LogP contribution in [0.4, 0.5) is 0 Å². The average molecular weight is 822 g/mol. The Balaban J connectivity index is 1.33. The first kappa shape index (κ1) is 39.7. The Morgan fingerprint density at radius 3 is 1.13 bits per heavy atom. The van der Waals surface area contributed by atoms with E-state index in [1.807, 2.05) is 117 Å². The number of benzene rings is 4. The molecule has 0 saturated carbocycles. The molecular formula is C51H39N3O8. The van der Waals surface area contributed by atoms with Crippen molar-refractivity contribution in [3.63, 3.8) is 0 Å². The monoisotopic (exact) mass is 821 g/mol. The third kappa shape index (κ3) is 5.91. The minimum atomic E-state index is -1.86. The SMILES string of the molecule is COC(=O)C1(C(=O)OC)C=c2c(-c3cccc4ccccc34)nc(-c3cccc(-c4nc(-c5cccc6ccccc56)c5c(c4C)=CC(C(=O)OC)(C(=O)OC)C=5)n3)c(C)c2=C1. The van der Waals surface area contributed by atoms with Crippen molar-refractivity contribution in [2.45, 2.75) is 13.8 Å². The molecule has 3 aromatic heterocycles. The van der Waals surface area contributed by atoms with Crippen molar-refractivity contribution in [2.75, 3.05) is 28.4 Å². The Hall–Kier alpha value is -7.79. The topological polar surface area (TPSA) is 144 Å². The molecule has 0 bridgehead atoms. The molecule has 0 aliphatic heterocycles. The summed E-state index contributed by atoms with van der Waals surface area (Å²) < 4.78 is 20.8. The minimum Gasteiger partial charge on any atom is -0.468 e. The summed E-state index contributed by atoms with van der Waals surface area (Å²) >= 11 is 0. The van der Waals surface area contributed by atoms with Crippen molar-refractivity contribution in [1.82, 2.24) is 15.0 Å². The molecule has 3 heterocycles. The molecule has 0 atom stereocenters. The first-order valence-electron chi connectivity index (χ1n) is 19.8. The molecule has 4 aromatic carbocycles. The van der Waals surface area contributed by atoms with E-state index in [9.17, 15) is 19.2 Å². The standard InChI is InChI=1S/C51H39N3O8/c1-28-36-24-50(46(55)59-3,47(56)60-4)26-38(36)44(34-20-11-16-30-14-7-9-18-32(30)34)53-42(28)40-22-13-23-41(52-40)43-29(2)37-25-51(48(57)61-5,49(58)62-6)27-39(37)45(54-43)35-21-12-17-31-15-8-10-19-33(31)35/h7-27H,1-6H3. The highest BCUT2D eigenvalue weighted by Crippen LogP contribution is 2.35. The summed E-state index contributed by atoms with van der Waals surface area (Å²) in [6.45, 7) is 3.75. The number of methoxy groups -OCH3 is 4. The fraction of sp³-hybridized carbons (Fsp3) is 0.157. The zero-order chi connectivity index (χ0) is 43.5. The van der Waals surface area contributed by atoms with E-state index in [2.05, 4.69) is 0 Å². The summed E-state index contributed by atoms with van der Waals surface area (Å²) in [7, 11) is 4.93. The first-order valence-corrected chi connectivity index (χ1v) is 19.8. The number of hydrogen-bond donors (Lipinski definition) is 0. The van der Waals surface area contributed by atoms with E-state index in [1.54, 1.807) is 24.3 Å². The van der Waals surface area contributed by atoms with E-state index in [-0.39, 0.29) is 0 Å². The highest BCUT2D eigenvalue weighted by atomic mass is 16.6. The van der Waals surface area contributed by atoms with Gasteiger partial charge in [-0.1, -0.05) is 91.0 Å². The van der Waals surface area contributed by atoms with Crippen LogP contribution < -0.4 is 20.9 Å². The van der Waals surface area contributed by atoms with Gasteiger partial charge in [0.05, 0.1) is 62.6 Å². The number of ether oxygens (including phenoxy) is 4. The summed E-state index contributed by atoms with van der Waals surface area (Å²) in [6, 6.07) is 33.2. The van der Waals surface area contributed by atoms with E-state index >= 15 is 0 Å². The Labute approximate surface area is 355 Å². The van der Waals surface area contributed by atoms with Gasteiger partial charge in [0, 0.05) is 21.6 Å². The van der Waals surface area contributed by atoms with E-state index in [0.717, 1.165) is 32.7 Å². The van der Waals surface area contributed by atoms with Crippen LogP contribution in [0.2, 0.25) is 0 Å². The van der Waals surface area contributed by atoms with Gasteiger partial charge in [0.1, 0.15) is 0 Å². The summed E-state index contributed by atoms with van der Waals surface area (Å²) in [4.78, 5) is 69.9. The number of hydrogen-bond acceptors (Lipinski definition) is 11. The second-order valence-electron chi connectivity index (χ2n) is 15.3. The normalized spacial score (nSPS) is 14.0. The van der Waals surface area contributed by atoms with Crippen LogP contribution in [0.15, 0.2) is 103 Å². The molecule has 62 heavy (non-hydrogen) atoms. The van der Waals surface area contributed by atoms with Gasteiger partial charge in [-0.15, -0.1) is 0 Å². The molecule has 0 amide bonds. The number of aromatic nitrogens is 3. The van der Waals surface area contributed by atoms with Crippen LogP contribution in [0.25, 0.3) is 91.1 Å². The molecule has 0 N–H and O–H groups in total. The number of carbonyl (C=O) groups excluding carboxylic acids is 4. The molecule has 9 rings (SSSR count). The predicted molar refractivity (Wildman–Crippen MR) is 235 cm³/mol. The number of pyridine rings is 3. The molecule has 2 aliphatic rings. The van der Waals surface area contributed by atoms with Gasteiger partial charge in [0.2, 0.25) is 10.8 Å². The van der Waals surface area contributed by atoms with Gasteiger partial charge in [0.25, 0.3) is 0 Å². The van der Waals surface area contributed by atoms with E-state index in [4.69, 9.17) is 33.9 Å². The van der Waals surface area contributed by atoms with Crippen molar-refractivity contribution in [3.8, 4) is 45.3 Å². The number of fused-ring (bicyclic) bond motifs is 4. The van der Waals surface area contributed by atoms with Crippen LogP contribution in [0.3, 0.4) is 0 Å². The fourth-order valence-corrected chi connectivity index (χ4v) is 8.87. The molecule has 2 aliphatic carbocycles. The van der Waals surface area contributed by atoms with Crippen LogP contribution in [-0.2, 0) is 38.1 Å². The second kappa shape index (κ2) is 15.0. The minimum absolute atomic E-state index is 0.494. The van der Waals surface area contributed by atoms with Crippen LogP contribution in [0.1, 0.15) is 11.1 Å². The maximum absolute atomic E-state index is 13.5. The summed E-state index contributed by atoms with van der Waals surface area (Å²) in [5.74, 6) is -3.16. The van der Waals surface area contributed by atoms with Crippen LogP contribution >= 0.6 is 0 Å². The molecule has 7 aromatic rings. The average Bonchev–Trinajstić information content (AvgIpc) is 3.94. The Bertz CT molecular complexity index is 3110. The number of carbonyl (C=O) groups is 4. The zero-order valence-electron chi connectivity index (χ0n) is 34.7. The van der Waals surface area contributed by atoms with E-state index in [1.165, 1.54) is 28.4 Å².